The maximum Gasteiger partial charge on any atom is 0.357 e. The molecule has 0 aliphatic rings. The van der Waals surface area contributed by atoms with Gasteiger partial charge in [-0.15, -0.1) is 12.6 Å². The van der Waals surface area contributed by atoms with Gasteiger partial charge < -0.3 is 10.1 Å². The fourth-order valence-electron chi connectivity index (χ4n) is 0.444. The van der Waals surface area contributed by atoms with Gasteiger partial charge in [-0.05, 0) is 0 Å². The van der Waals surface area contributed by atoms with Crippen LogP contribution in [0.15, 0.2) is 11.4 Å². The zero-order valence-corrected chi connectivity index (χ0v) is 5.22. The second kappa shape index (κ2) is 2.10. The molecular weight excluding hydrogens is 140 g/mol. The second-order valence-corrected chi connectivity index (χ2v) is 1.85. The summed E-state index contributed by atoms with van der Waals surface area (Å²) < 4.78 is 0. The van der Waals surface area contributed by atoms with E-state index in [4.69, 9.17) is 5.11 Å². The molecule has 1 rings (SSSR count). The highest BCUT2D eigenvalue weighted by molar-refractivity contribution is 7.80. The summed E-state index contributed by atoms with van der Waals surface area (Å²) in [6.45, 7) is 0. The molecule has 0 bridgehead atoms. The Morgan fingerprint density at radius 3 is 2.78 bits per heavy atom. The van der Waals surface area contributed by atoms with Crippen LogP contribution in [0.3, 0.4) is 0 Å². The zero-order chi connectivity index (χ0) is 6.85. The van der Waals surface area contributed by atoms with Gasteiger partial charge in [0.15, 0.2) is 5.69 Å². The lowest BCUT2D eigenvalue weighted by Crippen LogP contribution is -1.96. The molecule has 0 saturated heterocycles. The maximum atomic E-state index is 10.2. The van der Waals surface area contributed by atoms with Crippen LogP contribution in [0.2, 0.25) is 0 Å². The average molecular weight is 144 g/mol. The van der Waals surface area contributed by atoms with Crippen LogP contribution >= 0.6 is 12.6 Å². The number of nitrogens with zero attached hydrogens (tertiary/aromatic N) is 1. The predicted octanol–water partition coefficient (Wildman–Crippen LogP) is 0.397. The molecule has 4 nitrogen and oxygen atoms in total. The molecule has 5 heteroatoms. The lowest BCUT2D eigenvalue weighted by Gasteiger charge is -1.84. The molecule has 0 fully saturated rings. The number of thiol groups is 1. The van der Waals surface area contributed by atoms with Crippen molar-refractivity contribution in [2.45, 2.75) is 5.03 Å². The van der Waals surface area contributed by atoms with E-state index in [9.17, 15) is 4.79 Å². The van der Waals surface area contributed by atoms with Crippen molar-refractivity contribution < 1.29 is 9.90 Å². The summed E-state index contributed by atoms with van der Waals surface area (Å²) in [5.74, 6) is -1.07. The third kappa shape index (κ3) is 1.05. The summed E-state index contributed by atoms with van der Waals surface area (Å²) in [6, 6.07) is 0. The van der Waals surface area contributed by atoms with E-state index in [1.165, 1.54) is 6.33 Å². The number of aromatic carboxylic acids is 1. The molecule has 48 valence electrons. The van der Waals surface area contributed by atoms with E-state index in [0.29, 0.717) is 0 Å². The second-order valence-electron chi connectivity index (χ2n) is 1.40. The molecular formula is C4H4N2O2S. The van der Waals surface area contributed by atoms with Crippen molar-refractivity contribution in [1.29, 1.82) is 0 Å². The molecule has 0 amide bonds. The van der Waals surface area contributed by atoms with Crippen molar-refractivity contribution in [3.8, 4) is 0 Å². The Hall–Kier alpha value is -0.970. The molecule has 0 atom stereocenters. The van der Waals surface area contributed by atoms with E-state index in [0.717, 1.165) is 0 Å². The maximum absolute atomic E-state index is 10.2. The number of imidazole rings is 1. The van der Waals surface area contributed by atoms with E-state index in [1.807, 2.05) is 0 Å². The molecule has 0 aromatic carbocycles. The minimum atomic E-state index is -1.07. The summed E-state index contributed by atoms with van der Waals surface area (Å²) in [5.41, 5.74) is -0.0432. The minimum absolute atomic E-state index is 0.0432. The van der Waals surface area contributed by atoms with Crippen molar-refractivity contribution >= 4 is 18.6 Å². The molecule has 9 heavy (non-hydrogen) atoms. The molecule has 2 N–H and O–H groups in total. The molecule has 0 aliphatic heterocycles. The largest absolute Gasteiger partial charge is 0.476 e. The Kier molecular flexibility index (Phi) is 1.44. The summed E-state index contributed by atoms with van der Waals surface area (Å²) >= 11 is 3.79. The van der Waals surface area contributed by atoms with Crippen molar-refractivity contribution in [2.24, 2.45) is 0 Å². The number of aromatic nitrogens is 2. The molecule has 0 saturated carbocycles. The van der Waals surface area contributed by atoms with Gasteiger partial charge >= 0.3 is 5.97 Å². The van der Waals surface area contributed by atoms with Crippen LogP contribution in [0.1, 0.15) is 10.5 Å². The van der Waals surface area contributed by atoms with Gasteiger partial charge in [-0.25, -0.2) is 9.78 Å². The number of H-pyrrole nitrogens is 1. The molecule has 1 aromatic rings. The van der Waals surface area contributed by atoms with Gasteiger partial charge in [0.25, 0.3) is 0 Å². The first-order valence-electron chi connectivity index (χ1n) is 2.17. The van der Waals surface area contributed by atoms with Crippen LogP contribution in [-0.4, -0.2) is 21.0 Å². The topological polar surface area (TPSA) is 66.0 Å². The minimum Gasteiger partial charge on any atom is -0.476 e. The van der Waals surface area contributed by atoms with Crippen molar-refractivity contribution in [3.63, 3.8) is 0 Å². The number of nitrogens with one attached hydrogen (secondary N) is 1. The summed E-state index contributed by atoms with van der Waals surface area (Å²) in [5, 5.41) is 8.60. The summed E-state index contributed by atoms with van der Waals surface area (Å²) in [7, 11) is 0. The van der Waals surface area contributed by atoms with Crippen molar-refractivity contribution in [1.82, 2.24) is 9.97 Å². The molecule has 0 spiro atoms. The van der Waals surface area contributed by atoms with Gasteiger partial charge in [0.1, 0.15) is 5.03 Å². The zero-order valence-electron chi connectivity index (χ0n) is 4.33. The van der Waals surface area contributed by atoms with E-state index in [2.05, 4.69) is 22.6 Å². The highest BCUT2D eigenvalue weighted by Crippen LogP contribution is 2.05. The van der Waals surface area contributed by atoms with Gasteiger partial charge in [-0.3, -0.25) is 0 Å². The first kappa shape index (κ1) is 6.15. The standard InChI is InChI=1S/C4H4N2O2S/c7-4(8)2-3(9)6-1-5-2/h1,9H,(H,5,6)(H,7,8). The van der Waals surface area contributed by atoms with Crippen molar-refractivity contribution in [3.05, 3.63) is 12.0 Å². The Balaban J connectivity index is 3.08. The average Bonchev–Trinajstić information content (AvgIpc) is 2.13. The fraction of sp³-hybridized carbons (Fsp3) is 0. The number of carbonyl (C=O) groups is 1. The van der Waals surface area contributed by atoms with Crippen molar-refractivity contribution in [2.75, 3.05) is 0 Å². The lowest BCUT2D eigenvalue weighted by molar-refractivity contribution is 0.0687. The lowest BCUT2D eigenvalue weighted by atomic mass is 10.5. The van der Waals surface area contributed by atoms with Gasteiger partial charge in [-0.1, -0.05) is 0 Å². The predicted molar refractivity (Wildman–Crippen MR) is 32.8 cm³/mol. The Labute approximate surface area is 56.3 Å². The Morgan fingerprint density at radius 2 is 2.56 bits per heavy atom. The van der Waals surface area contributed by atoms with Crippen LogP contribution in [0, 0.1) is 0 Å². The summed E-state index contributed by atoms with van der Waals surface area (Å²) in [4.78, 5) is 16.2. The third-order valence-corrected chi connectivity index (χ3v) is 1.16. The summed E-state index contributed by atoms with van der Waals surface area (Å²) in [6.07, 6.45) is 1.28. The highest BCUT2D eigenvalue weighted by Gasteiger charge is 2.08. The molecule has 0 aliphatic carbocycles. The monoisotopic (exact) mass is 144 g/mol. The number of hydrogen-bond acceptors (Lipinski definition) is 3. The van der Waals surface area contributed by atoms with Crippen LogP contribution in [0.4, 0.5) is 0 Å². The Morgan fingerprint density at radius 1 is 1.89 bits per heavy atom. The first-order valence-corrected chi connectivity index (χ1v) is 2.62. The third-order valence-electron chi connectivity index (χ3n) is 0.822. The van der Waals surface area contributed by atoms with E-state index < -0.39 is 5.97 Å². The number of rotatable bonds is 1. The van der Waals surface area contributed by atoms with Gasteiger partial charge in [-0.2, -0.15) is 0 Å². The van der Waals surface area contributed by atoms with Crippen LogP contribution in [-0.2, 0) is 0 Å². The first-order chi connectivity index (χ1) is 4.22. The SMILES string of the molecule is O=C(O)c1nc[nH]c1S. The molecule has 1 aromatic heterocycles. The van der Waals surface area contributed by atoms with Crippen LogP contribution in [0.25, 0.3) is 0 Å². The Bertz CT molecular complexity index is 232. The number of carboxylic acid groups (broad SMARTS) is 1. The normalized spacial score (nSPS) is 9.44. The quantitative estimate of drug-likeness (QED) is 0.500. The van der Waals surface area contributed by atoms with Gasteiger partial charge in [0.2, 0.25) is 0 Å². The van der Waals surface area contributed by atoms with Crippen LogP contribution < -0.4 is 0 Å². The smallest absolute Gasteiger partial charge is 0.357 e. The van der Waals surface area contributed by atoms with Gasteiger partial charge in [0, 0.05) is 0 Å². The fourth-order valence-corrected chi connectivity index (χ4v) is 0.655. The highest BCUT2D eigenvalue weighted by atomic mass is 32.1. The molecule has 0 unspecified atom stereocenters. The van der Waals surface area contributed by atoms with E-state index >= 15 is 0 Å². The molecule has 0 radical (unpaired) electrons. The number of aromatic amines is 1. The van der Waals surface area contributed by atoms with E-state index in [-0.39, 0.29) is 10.7 Å². The van der Waals surface area contributed by atoms with Crippen LogP contribution in [0.5, 0.6) is 0 Å². The molecule has 1 heterocycles. The van der Waals surface area contributed by atoms with Gasteiger partial charge in [0.05, 0.1) is 6.33 Å². The van der Waals surface area contributed by atoms with E-state index in [1.54, 1.807) is 0 Å². The number of carboxylic acids is 1. The number of hydrogen-bond donors (Lipinski definition) is 3.